The van der Waals surface area contributed by atoms with Crippen LogP contribution in [0.25, 0.3) is 5.69 Å². The molecule has 0 fully saturated rings. The standard InChI is InChI=1S/C18H25ClN4O.ClH/c1-4-9-20-10-11-21-18(24)16-12-22-23(17(16)13(2)3)15-7-5-14(19)6-8-15;/h5-8,12-13,20H,4,9-11H2,1-3H3,(H,21,24);1H. The Labute approximate surface area is 160 Å². The van der Waals surface area contributed by atoms with E-state index in [2.05, 4.69) is 36.5 Å². The number of aromatic nitrogens is 2. The van der Waals surface area contributed by atoms with Gasteiger partial charge in [0.25, 0.3) is 5.91 Å². The molecule has 0 aliphatic carbocycles. The lowest BCUT2D eigenvalue weighted by atomic mass is 10.1. The minimum absolute atomic E-state index is 0. The first-order valence-corrected chi connectivity index (χ1v) is 8.75. The Kier molecular flexibility index (Phi) is 8.97. The zero-order valence-electron chi connectivity index (χ0n) is 14.9. The summed E-state index contributed by atoms with van der Waals surface area (Å²) in [7, 11) is 0. The third-order valence-corrected chi connectivity index (χ3v) is 3.94. The van der Waals surface area contributed by atoms with Crippen molar-refractivity contribution in [3.05, 3.63) is 46.7 Å². The lowest BCUT2D eigenvalue weighted by Crippen LogP contribution is -2.32. The van der Waals surface area contributed by atoms with E-state index in [4.69, 9.17) is 11.6 Å². The van der Waals surface area contributed by atoms with Crippen LogP contribution in [0.5, 0.6) is 0 Å². The fraction of sp³-hybridized carbons (Fsp3) is 0.444. The summed E-state index contributed by atoms with van der Waals surface area (Å²) in [6, 6.07) is 7.44. The maximum absolute atomic E-state index is 12.5. The van der Waals surface area contributed by atoms with Crippen LogP contribution < -0.4 is 10.6 Å². The van der Waals surface area contributed by atoms with E-state index in [-0.39, 0.29) is 24.2 Å². The average molecular weight is 385 g/mol. The minimum atomic E-state index is -0.0859. The quantitative estimate of drug-likeness (QED) is 0.680. The van der Waals surface area contributed by atoms with Gasteiger partial charge in [-0.3, -0.25) is 4.79 Å². The predicted molar refractivity (Wildman–Crippen MR) is 105 cm³/mol. The molecule has 0 bridgehead atoms. The molecule has 1 aromatic carbocycles. The lowest BCUT2D eigenvalue weighted by Gasteiger charge is -2.13. The highest BCUT2D eigenvalue weighted by molar-refractivity contribution is 6.30. The van der Waals surface area contributed by atoms with Gasteiger partial charge < -0.3 is 10.6 Å². The molecule has 2 rings (SSSR count). The van der Waals surface area contributed by atoms with Gasteiger partial charge in [0.2, 0.25) is 0 Å². The van der Waals surface area contributed by atoms with Gasteiger partial charge in [-0.15, -0.1) is 12.4 Å². The van der Waals surface area contributed by atoms with E-state index in [0.29, 0.717) is 17.1 Å². The normalized spacial score (nSPS) is 10.6. The molecule has 0 saturated carbocycles. The van der Waals surface area contributed by atoms with E-state index in [9.17, 15) is 4.79 Å². The van der Waals surface area contributed by atoms with Crippen LogP contribution in [0.3, 0.4) is 0 Å². The Balaban J connectivity index is 0.00000312. The van der Waals surface area contributed by atoms with Crippen LogP contribution in [-0.4, -0.2) is 35.3 Å². The molecule has 2 N–H and O–H groups in total. The highest BCUT2D eigenvalue weighted by Gasteiger charge is 2.20. The lowest BCUT2D eigenvalue weighted by molar-refractivity contribution is 0.0952. The fourth-order valence-corrected chi connectivity index (χ4v) is 2.66. The second-order valence-corrected chi connectivity index (χ2v) is 6.43. The van der Waals surface area contributed by atoms with Crippen molar-refractivity contribution in [2.45, 2.75) is 33.1 Å². The van der Waals surface area contributed by atoms with Crippen molar-refractivity contribution < 1.29 is 4.79 Å². The van der Waals surface area contributed by atoms with Gasteiger partial charge in [-0.1, -0.05) is 32.4 Å². The van der Waals surface area contributed by atoms with Crippen molar-refractivity contribution in [3.8, 4) is 5.69 Å². The SMILES string of the molecule is CCCNCCNC(=O)c1cnn(-c2ccc(Cl)cc2)c1C(C)C.Cl. The van der Waals surface area contributed by atoms with Gasteiger partial charge in [-0.2, -0.15) is 5.10 Å². The molecule has 0 spiro atoms. The van der Waals surface area contributed by atoms with Gasteiger partial charge >= 0.3 is 0 Å². The largest absolute Gasteiger partial charge is 0.351 e. The maximum atomic E-state index is 12.5. The summed E-state index contributed by atoms with van der Waals surface area (Å²) < 4.78 is 1.81. The number of halogens is 2. The molecule has 7 heteroatoms. The van der Waals surface area contributed by atoms with Crippen molar-refractivity contribution >= 4 is 29.9 Å². The number of hydrogen-bond donors (Lipinski definition) is 2. The first-order valence-electron chi connectivity index (χ1n) is 8.37. The number of nitrogens with zero attached hydrogens (tertiary/aromatic N) is 2. The second-order valence-electron chi connectivity index (χ2n) is 5.99. The monoisotopic (exact) mass is 384 g/mol. The molecular formula is C18H26Cl2N4O. The van der Waals surface area contributed by atoms with E-state index in [0.717, 1.165) is 30.9 Å². The molecule has 5 nitrogen and oxygen atoms in total. The zero-order chi connectivity index (χ0) is 17.5. The predicted octanol–water partition coefficient (Wildman–Crippen LogP) is 3.80. The topological polar surface area (TPSA) is 58.9 Å². The summed E-state index contributed by atoms with van der Waals surface area (Å²) in [5.74, 6) is 0.0827. The number of hydrogen-bond acceptors (Lipinski definition) is 3. The molecule has 0 atom stereocenters. The Morgan fingerprint density at radius 2 is 1.88 bits per heavy atom. The van der Waals surface area contributed by atoms with E-state index in [1.807, 2.05) is 28.9 Å². The number of nitrogens with one attached hydrogen (secondary N) is 2. The smallest absolute Gasteiger partial charge is 0.254 e. The number of benzene rings is 1. The first-order chi connectivity index (χ1) is 11.5. The molecule has 138 valence electrons. The third kappa shape index (κ3) is 5.73. The average Bonchev–Trinajstić information content (AvgIpc) is 3.00. The van der Waals surface area contributed by atoms with Gasteiger partial charge in [0, 0.05) is 18.1 Å². The molecule has 1 aromatic heterocycles. The Bertz CT molecular complexity index is 668. The highest BCUT2D eigenvalue weighted by atomic mass is 35.5. The summed E-state index contributed by atoms with van der Waals surface area (Å²) in [6.07, 6.45) is 2.72. The minimum Gasteiger partial charge on any atom is -0.351 e. The van der Waals surface area contributed by atoms with Crippen molar-refractivity contribution in [2.24, 2.45) is 0 Å². The number of carbonyl (C=O) groups excluding carboxylic acids is 1. The van der Waals surface area contributed by atoms with Gasteiger partial charge in [0.1, 0.15) is 0 Å². The summed E-state index contributed by atoms with van der Waals surface area (Å²) in [4.78, 5) is 12.5. The van der Waals surface area contributed by atoms with Gasteiger partial charge in [0.05, 0.1) is 23.1 Å². The van der Waals surface area contributed by atoms with Crippen molar-refractivity contribution in [1.29, 1.82) is 0 Å². The second kappa shape index (κ2) is 10.4. The number of carbonyl (C=O) groups is 1. The number of amides is 1. The zero-order valence-corrected chi connectivity index (χ0v) is 16.5. The van der Waals surface area contributed by atoms with E-state index in [1.165, 1.54) is 0 Å². The summed E-state index contributed by atoms with van der Waals surface area (Å²) in [5, 5.41) is 11.3. The molecule has 0 aliphatic heterocycles. The number of rotatable bonds is 8. The molecule has 1 heterocycles. The summed E-state index contributed by atoms with van der Waals surface area (Å²) in [5.41, 5.74) is 2.42. The molecule has 0 unspecified atom stereocenters. The molecule has 1 amide bonds. The van der Waals surface area contributed by atoms with Crippen molar-refractivity contribution in [1.82, 2.24) is 20.4 Å². The summed E-state index contributed by atoms with van der Waals surface area (Å²) in [6.45, 7) is 8.56. The van der Waals surface area contributed by atoms with Crippen LogP contribution in [0, 0.1) is 0 Å². The summed E-state index contributed by atoms with van der Waals surface area (Å²) >= 11 is 5.95. The molecule has 0 radical (unpaired) electrons. The van der Waals surface area contributed by atoms with Crippen LogP contribution in [0.2, 0.25) is 5.02 Å². The van der Waals surface area contributed by atoms with E-state index < -0.39 is 0 Å². The van der Waals surface area contributed by atoms with Gasteiger partial charge in [-0.25, -0.2) is 4.68 Å². The first kappa shape index (κ1) is 21.5. The molecule has 2 aromatic rings. The van der Waals surface area contributed by atoms with Crippen LogP contribution in [0.15, 0.2) is 30.5 Å². The molecule has 0 saturated heterocycles. The van der Waals surface area contributed by atoms with Gasteiger partial charge in [0.15, 0.2) is 0 Å². The maximum Gasteiger partial charge on any atom is 0.254 e. The molecular weight excluding hydrogens is 359 g/mol. The van der Waals surface area contributed by atoms with E-state index in [1.54, 1.807) is 6.20 Å². The van der Waals surface area contributed by atoms with Crippen LogP contribution in [0.4, 0.5) is 0 Å². The van der Waals surface area contributed by atoms with Crippen LogP contribution in [-0.2, 0) is 0 Å². The fourth-order valence-electron chi connectivity index (χ4n) is 2.54. The molecule has 0 aliphatic rings. The Morgan fingerprint density at radius 3 is 2.48 bits per heavy atom. The van der Waals surface area contributed by atoms with Crippen LogP contribution in [0.1, 0.15) is 49.2 Å². The highest BCUT2D eigenvalue weighted by Crippen LogP contribution is 2.23. The Hall–Kier alpha value is -1.56. The van der Waals surface area contributed by atoms with Crippen molar-refractivity contribution in [2.75, 3.05) is 19.6 Å². The van der Waals surface area contributed by atoms with Crippen molar-refractivity contribution in [3.63, 3.8) is 0 Å². The molecule has 25 heavy (non-hydrogen) atoms. The van der Waals surface area contributed by atoms with Crippen LogP contribution >= 0.6 is 24.0 Å². The van der Waals surface area contributed by atoms with E-state index >= 15 is 0 Å². The third-order valence-electron chi connectivity index (χ3n) is 3.68. The Morgan fingerprint density at radius 1 is 1.20 bits per heavy atom. The van der Waals surface area contributed by atoms with Gasteiger partial charge in [-0.05, 0) is 43.1 Å².